The Morgan fingerprint density at radius 1 is 1.09 bits per heavy atom. The van der Waals surface area contributed by atoms with Gasteiger partial charge in [0.05, 0.1) is 0 Å². The first-order chi connectivity index (χ1) is 15.2. The molecule has 0 spiro atoms. The van der Waals surface area contributed by atoms with Crippen LogP contribution in [0.15, 0.2) is 36.4 Å². The minimum atomic E-state index is -1.58. The van der Waals surface area contributed by atoms with Gasteiger partial charge in [0.25, 0.3) is 0 Å². The molecule has 8 heteroatoms. The lowest BCUT2D eigenvalue weighted by Gasteiger charge is -2.31. The number of rotatable bonds is 6. The first-order valence-corrected chi connectivity index (χ1v) is 10.6. The molecule has 0 bridgehead atoms. The van der Waals surface area contributed by atoms with Crippen LogP contribution in [0.2, 0.25) is 0 Å². The number of benzene rings is 2. The minimum absolute atomic E-state index is 0.0603. The van der Waals surface area contributed by atoms with E-state index >= 15 is 0 Å². The van der Waals surface area contributed by atoms with Gasteiger partial charge in [-0.25, -0.2) is 0 Å². The molecule has 2 aromatic rings. The van der Waals surface area contributed by atoms with Gasteiger partial charge in [-0.3, -0.25) is 9.59 Å². The van der Waals surface area contributed by atoms with Crippen LogP contribution in [0.5, 0.6) is 5.75 Å². The fraction of sp³-hybridized carbons (Fsp3) is 0.375. The minimum Gasteiger partial charge on any atom is -0.530 e. The van der Waals surface area contributed by atoms with Crippen LogP contribution in [0.3, 0.4) is 0 Å². The molecule has 2 aromatic carbocycles. The third-order valence-corrected chi connectivity index (χ3v) is 5.86. The number of phenols is 1. The Bertz CT molecular complexity index is 1040. The Kier molecular flexibility index (Phi) is 7.02. The summed E-state index contributed by atoms with van der Waals surface area (Å²) in [6.07, 6.45) is -0.772. The normalized spacial score (nSPS) is 14.8. The van der Waals surface area contributed by atoms with Gasteiger partial charge in [0.2, 0.25) is 11.8 Å². The van der Waals surface area contributed by atoms with Crippen molar-refractivity contribution < 1.29 is 24.6 Å². The van der Waals surface area contributed by atoms with Crippen molar-refractivity contribution in [2.75, 3.05) is 6.54 Å². The van der Waals surface area contributed by atoms with Crippen LogP contribution in [-0.2, 0) is 29.0 Å². The van der Waals surface area contributed by atoms with E-state index in [2.05, 4.69) is 10.6 Å². The second-order valence-corrected chi connectivity index (χ2v) is 8.26. The molecule has 0 aromatic heterocycles. The molecule has 1 heterocycles. The maximum absolute atomic E-state index is 12.9. The van der Waals surface area contributed by atoms with Crippen molar-refractivity contribution in [3.8, 4) is 5.75 Å². The Labute approximate surface area is 187 Å². The molecule has 8 nitrogen and oxygen atoms in total. The number of amides is 3. The van der Waals surface area contributed by atoms with Crippen molar-refractivity contribution >= 4 is 17.9 Å². The molecule has 3 amide bonds. The van der Waals surface area contributed by atoms with E-state index < -0.39 is 24.1 Å². The maximum Gasteiger partial charge on any atom is 0.245 e. The highest BCUT2D eigenvalue weighted by atomic mass is 16.4. The van der Waals surface area contributed by atoms with Gasteiger partial charge < -0.3 is 30.5 Å². The summed E-state index contributed by atoms with van der Waals surface area (Å²) < 4.78 is 0. The van der Waals surface area contributed by atoms with E-state index in [1.54, 1.807) is 37.8 Å². The highest BCUT2D eigenvalue weighted by Gasteiger charge is 2.28. The molecular weight excluding hydrogens is 410 g/mol. The molecule has 0 aliphatic carbocycles. The Morgan fingerprint density at radius 2 is 1.78 bits per heavy atom. The van der Waals surface area contributed by atoms with E-state index in [1.165, 1.54) is 5.56 Å². The van der Waals surface area contributed by atoms with Gasteiger partial charge in [-0.05, 0) is 61.1 Å². The first kappa shape index (κ1) is 23.1. The smallest absolute Gasteiger partial charge is 0.245 e. The molecular formula is C24H28N3O5-. The number of fused-ring (bicyclic) bond motifs is 1. The van der Waals surface area contributed by atoms with E-state index in [1.807, 2.05) is 24.3 Å². The Hall–Kier alpha value is -3.55. The number of carboxylic acid groups (broad SMARTS) is 1. The molecule has 3 rings (SSSR count). The third-order valence-electron chi connectivity index (χ3n) is 5.86. The lowest BCUT2D eigenvalue weighted by molar-refractivity contribution is -0.251. The summed E-state index contributed by atoms with van der Waals surface area (Å²) in [4.78, 5) is 38.6. The van der Waals surface area contributed by atoms with E-state index in [-0.39, 0.29) is 18.1 Å². The van der Waals surface area contributed by atoms with Crippen molar-refractivity contribution in [3.05, 3.63) is 64.2 Å². The number of phenolic OH excluding ortho intramolecular Hbond substituents is 1. The van der Waals surface area contributed by atoms with Crippen molar-refractivity contribution in [1.82, 2.24) is 15.5 Å². The number of aryl methyl sites for hydroxylation is 2. The summed E-state index contributed by atoms with van der Waals surface area (Å²) >= 11 is 0. The monoisotopic (exact) mass is 438 g/mol. The highest BCUT2D eigenvalue weighted by Crippen LogP contribution is 2.23. The molecule has 1 aliphatic heterocycles. The summed E-state index contributed by atoms with van der Waals surface area (Å²) in [6.45, 7) is 6.11. The summed E-state index contributed by atoms with van der Waals surface area (Å²) in [7, 11) is 0. The fourth-order valence-corrected chi connectivity index (χ4v) is 3.99. The summed E-state index contributed by atoms with van der Waals surface area (Å²) in [5, 5.41) is 25.8. The molecule has 2 unspecified atom stereocenters. The van der Waals surface area contributed by atoms with Crippen molar-refractivity contribution in [1.29, 1.82) is 0 Å². The third kappa shape index (κ3) is 5.38. The van der Waals surface area contributed by atoms with Crippen LogP contribution in [-0.4, -0.2) is 46.5 Å². The number of nitrogens with zero attached hydrogens (tertiary/aromatic N) is 1. The quantitative estimate of drug-likeness (QED) is 0.620. The standard InChI is InChI=1S/C24H29N3O5/c1-14-11-21(28)15(2)10-19(14)12-20(26-24(31)32)22(29)25-16(3)23(30)27-9-8-17-6-4-5-7-18(17)13-27/h4-7,10-11,16,20,26,28H,8-9,12-13H2,1-3H3,(H,25,29)(H,31,32)/p-1. The van der Waals surface area contributed by atoms with Crippen LogP contribution in [0, 0.1) is 13.8 Å². The Balaban J connectivity index is 1.68. The number of nitrogens with one attached hydrogen (secondary N) is 2. The van der Waals surface area contributed by atoms with Gasteiger partial charge in [-0.2, -0.15) is 0 Å². The molecule has 32 heavy (non-hydrogen) atoms. The van der Waals surface area contributed by atoms with Crippen LogP contribution < -0.4 is 15.7 Å². The second kappa shape index (κ2) is 9.72. The number of aromatic hydroxyl groups is 1. The zero-order valence-corrected chi connectivity index (χ0v) is 18.5. The predicted octanol–water partition coefficient (Wildman–Crippen LogP) is 0.943. The lowest BCUT2D eigenvalue weighted by Crippen LogP contribution is -2.56. The number of hydrogen-bond acceptors (Lipinski definition) is 5. The average molecular weight is 439 g/mol. The average Bonchev–Trinajstić information content (AvgIpc) is 2.75. The van der Waals surface area contributed by atoms with Gasteiger partial charge >= 0.3 is 0 Å². The van der Waals surface area contributed by atoms with E-state index in [4.69, 9.17) is 0 Å². The molecule has 0 radical (unpaired) electrons. The zero-order valence-electron chi connectivity index (χ0n) is 18.5. The molecule has 0 saturated heterocycles. The maximum atomic E-state index is 12.9. The molecule has 170 valence electrons. The zero-order chi connectivity index (χ0) is 23.4. The summed E-state index contributed by atoms with van der Waals surface area (Å²) in [6, 6.07) is 9.26. The van der Waals surface area contributed by atoms with Crippen LogP contribution >= 0.6 is 0 Å². The lowest BCUT2D eigenvalue weighted by atomic mass is 9.97. The van der Waals surface area contributed by atoms with Crippen LogP contribution in [0.4, 0.5) is 4.79 Å². The van der Waals surface area contributed by atoms with E-state index in [0.717, 1.165) is 17.5 Å². The van der Waals surface area contributed by atoms with Gasteiger partial charge in [0.1, 0.15) is 23.9 Å². The first-order valence-electron chi connectivity index (χ1n) is 10.6. The molecule has 0 saturated carbocycles. The second-order valence-electron chi connectivity index (χ2n) is 8.26. The summed E-state index contributed by atoms with van der Waals surface area (Å²) in [5.41, 5.74) is 4.35. The van der Waals surface area contributed by atoms with Crippen LogP contribution in [0.25, 0.3) is 0 Å². The van der Waals surface area contributed by atoms with Crippen molar-refractivity contribution in [2.45, 2.75) is 52.2 Å². The fourth-order valence-electron chi connectivity index (χ4n) is 3.99. The van der Waals surface area contributed by atoms with Gasteiger partial charge in [0.15, 0.2) is 0 Å². The largest absolute Gasteiger partial charge is 0.530 e. The van der Waals surface area contributed by atoms with E-state index in [0.29, 0.717) is 24.2 Å². The number of hydrogen-bond donors (Lipinski definition) is 3. The van der Waals surface area contributed by atoms with Crippen molar-refractivity contribution in [2.24, 2.45) is 0 Å². The molecule has 1 aliphatic rings. The summed E-state index contributed by atoms with van der Waals surface area (Å²) in [5.74, 6) is -0.711. The van der Waals surface area contributed by atoms with Gasteiger partial charge in [-0.1, -0.05) is 30.3 Å². The molecule has 0 fully saturated rings. The number of carbonyl (C=O) groups is 3. The van der Waals surface area contributed by atoms with Crippen LogP contribution in [0.1, 0.15) is 34.7 Å². The SMILES string of the molecule is Cc1cc(CC(NC(=O)[O-])C(=O)NC(C)C(=O)N2CCc3ccccc3C2)c(C)cc1O. The Morgan fingerprint density at radius 3 is 2.47 bits per heavy atom. The van der Waals surface area contributed by atoms with Gasteiger partial charge in [0, 0.05) is 19.5 Å². The molecule has 2 atom stereocenters. The van der Waals surface area contributed by atoms with E-state index in [9.17, 15) is 24.6 Å². The van der Waals surface area contributed by atoms with Gasteiger partial charge in [-0.15, -0.1) is 0 Å². The van der Waals surface area contributed by atoms with Crippen molar-refractivity contribution in [3.63, 3.8) is 0 Å². The topological polar surface area (TPSA) is 122 Å². The highest BCUT2D eigenvalue weighted by molar-refractivity contribution is 5.91. The number of carbonyl (C=O) groups excluding carboxylic acids is 3. The molecule has 3 N–H and O–H groups in total. The predicted molar refractivity (Wildman–Crippen MR) is 117 cm³/mol.